The highest BCUT2D eigenvalue weighted by Crippen LogP contribution is 2.29. The summed E-state index contributed by atoms with van der Waals surface area (Å²) in [5.74, 6) is 0.789. The number of aliphatic hydroxyl groups is 1. The number of nitrogens with zero attached hydrogens (tertiary/aromatic N) is 1. The molecule has 19 heavy (non-hydrogen) atoms. The van der Waals surface area contributed by atoms with E-state index in [-0.39, 0.29) is 12.4 Å². The van der Waals surface area contributed by atoms with Crippen molar-refractivity contribution in [3.63, 3.8) is 0 Å². The number of anilines is 1. The lowest BCUT2D eigenvalue weighted by Crippen LogP contribution is -2.37. The number of hydrogen-bond acceptors (Lipinski definition) is 4. The maximum atomic E-state index is 12.0. The van der Waals surface area contributed by atoms with Crippen molar-refractivity contribution in [2.24, 2.45) is 0 Å². The molecule has 1 aliphatic heterocycles. The maximum Gasteiger partial charge on any atom is 0.235 e. The smallest absolute Gasteiger partial charge is 0.235 e. The molecule has 1 saturated heterocycles. The third-order valence-electron chi connectivity index (χ3n) is 3.15. The van der Waals surface area contributed by atoms with E-state index in [0.717, 1.165) is 6.42 Å². The van der Waals surface area contributed by atoms with E-state index >= 15 is 0 Å². The van der Waals surface area contributed by atoms with Gasteiger partial charge in [-0.3, -0.25) is 4.31 Å². The lowest BCUT2D eigenvalue weighted by molar-refractivity contribution is 0.267. The lowest BCUT2D eigenvalue weighted by Gasteiger charge is -2.28. The summed E-state index contributed by atoms with van der Waals surface area (Å²) in [6, 6.07) is 5.13. The molecule has 1 fully saturated rings. The highest BCUT2D eigenvalue weighted by Gasteiger charge is 2.26. The van der Waals surface area contributed by atoms with Gasteiger partial charge in [0.2, 0.25) is 10.0 Å². The predicted molar refractivity (Wildman–Crippen MR) is 73.9 cm³/mol. The molecular formula is C13H19NO4S. The van der Waals surface area contributed by atoms with Crippen LogP contribution in [0.1, 0.15) is 25.3 Å². The van der Waals surface area contributed by atoms with Gasteiger partial charge in [0.25, 0.3) is 0 Å². The molecule has 0 amide bonds. The topological polar surface area (TPSA) is 66.8 Å². The van der Waals surface area contributed by atoms with Crippen molar-refractivity contribution in [2.45, 2.75) is 26.4 Å². The van der Waals surface area contributed by atoms with E-state index in [1.165, 1.54) is 4.31 Å². The van der Waals surface area contributed by atoms with Crippen LogP contribution < -0.4 is 9.04 Å². The van der Waals surface area contributed by atoms with Gasteiger partial charge in [-0.2, -0.15) is 0 Å². The van der Waals surface area contributed by atoms with Crippen molar-refractivity contribution in [1.29, 1.82) is 0 Å². The molecule has 1 aromatic rings. The summed E-state index contributed by atoms with van der Waals surface area (Å²) < 4.78 is 30.9. The van der Waals surface area contributed by atoms with Crippen molar-refractivity contribution in [2.75, 3.05) is 23.2 Å². The van der Waals surface area contributed by atoms with E-state index in [1.807, 2.05) is 6.92 Å². The van der Waals surface area contributed by atoms with E-state index in [1.54, 1.807) is 18.2 Å². The van der Waals surface area contributed by atoms with Crippen molar-refractivity contribution >= 4 is 15.7 Å². The predicted octanol–water partition coefficient (Wildman–Crippen LogP) is 1.51. The van der Waals surface area contributed by atoms with Gasteiger partial charge in [0, 0.05) is 12.1 Å². The van der Waals surface area contributed by atoms with Crippen molar-refractivity contribution in [3.05, 3.63) is 23.8 Å². The van der Waals surface area contributed by atoms with Crippen LogP contribution in [0.25, 0.3) is 0 Å². The summed E-state index contributed by atoms with van der Waals surface area (Å²) >= 11 is 0. The van der Waals surface area contributed by atoms with E-state index in [9.17, 15) is 13.5 Å². The summed E-state index contributed by atoms with van der Waals surface area (Å²) in [6.07, 6.45) is 1.57. The van der Waals surface area contributed by atoms with Gasteiger partial charge in [-0.25, -0.2) is 8.42 Å². The number of rotatable bonds is 4. The molecule has 1 aromatic carbocycles. The summed E-state index contributed by atoms with van der Waals surface area (Å²) in [5, 5.41) is 9.35. The van der Waals surface area contributed by atoms with Crippen LogP contribution in [0.4, 0.5) is 5.69 Å². The van der Waals surface area contributed by atoms with Gasteiger partial charge in [0.1, 0.15) is 5.75 Å². The van der Waals surface area contributed by atoms with Gasteiger partial charge in [-0.1, -0.05) is 0 Å². The van der Waals surface area contributed by atoms with Crippen LogP contribution in [0.15, 0.2) is 18.2 Å². The van der Waals surface area contributed by atoms with E-state index in [0.29, 0.717) is 36.6 Å². The Morgan fingerprint density at radius 2 is 2.16 bits per heavy atom. The molecule has 0 atom stereocenters. The molecule has 106 valence electrons. The molecule has 1 aliphatic rings. The molecule has 0 bridgehead atoms. The largest absolute Gasteiger partial charge is 0.494 e. The Kier molecular flexibility index (Phi) is 4.31. The number of sulfonamides is 1. The monoisotopic (exact) mass is 285 g/mol. The maximum absolute atomic E-state index is 12.0. The van der Waals surface area contributed by atoms with Gasteiger partial charge >= 0.3 is 0 Å². The Morgan fingerprint density at radius 3 is 2.79 bits per heavy atom. The number of ether oxygens (including phenoxy) is 1. The fraction of sp³-hybridized carbons (Fsp3) is 0.538. The second kappa shape index (κ2) is 5.79. The molecule has 1 heterocycles. The van der Waals surface area contributed by atoms with Gasteiger partial charge < -0.3 is 9.84 Å². The normalized spacial score (nSPS) is 18.3. The lowest BCUT2D eigenvalue weighted by atomic mass is 10.2. The first-order valence-corrected chi connectivity index (χ1v) is 8.06. The number of aliphatic hydroxyl groups excluding tert-OH is 1. The zero-order chi connectivity index (χ0) is 13.9. The minimum absolute atomic E-state index is 0.170. The van der Waals surface area contributed by atoms with Crippen LogP contribution in [0.3, 0.4) is 0 Å². The average Bonchev–Trinajstić information content (AvgIpc) is 2.39. The minimum Gasteiger partial charge on any atom is -0.494 e. The molecule has 5 nitrogen and oxygen atoms in total. The number of hydrogen-bond donors (Lipinski definition) is 1. The first kappa shape index (κ1) is 14.1. The van der Waals surface area contributed by atoms with E-state index < -0.39 is 10.0 Å². The second-order valence-electron chi connectivity index (χ2n) is 4.48. The van der Waals surface area contributed by atoms with Crippen molar-refractivity contribution in [3.8, 4) is 5.75 Å². The average molecular weight is 285 g/mol. The molecule has 0 spiro atoms. The van der Waals surface area contributed by atoms with Crippen LogP contribution in [0.5, 0.6) is 5.75 Å². The third-order valence-corrected chi connectivity index (χ3v) is 5.02. The van der Waals surface area contributed by atoms with Crippen LogP contribution in [0, 0.1) is 0 Å². The molecule has 0 aliphatic carbocycles. The highest BCUT2D eigenvalue weighted by molar-refractivity contribution is 7.92. The van der Waals surface area contributed by atoms with Gasteiger partial charge in [-0.05, 0) is 38.0 Å². The molecular weight excluding hydrogens is 266 g/mol. The summed E-state index contributed by atoms with van der Waals surface area (Å²) in [5.41, 5.74) is 1.22. The molecule has 0 unspecified atom stereocenters. The Balaban J connectivity index is 2.35. The standard InChI is InChI=1S/C13H19NO4S/c1-2-18-13-6-5-12(9-11(13)10-15)14-7-3-4-8-19(14,16)17/h5-6,9,15H,2-4,7-8,10H2,1H3. The first-order valence-electron chi connectivity index (χ1n) is 6.45. The zero-order valence-electron chi connectivity index (χ0n) is 11.0. The summed E-state index contributed by atoms with van der Waals surface area (Å²) in [7, 11) is -3.22. The zero-order valence-corrected chi connectivity index (χ0v) is 11.8. The molecule has 0 saturated carbocycles. The summed E-state index contributed by atoms with van der Waals surface area (Å²) in [4.78, 5) is 0. The van der Waals surface area contributed by atoms with Gasteiger partial charge in [-0.15, -0.1) is 0 Å². The molecule has 2 rings (SSSR count). The van der Waals surface area contributed by atoms with Crippen molar-refractivity contribution in [1.82, 2.24) is 0 Å². The molecule has 6 heteroatoms. The van der Waals surface area contributed by atoms with Crippen LogP contribution in [-0.4, -0.2) is 32.4 Å². The summed E-state index contributed by atoms with van der Waals surface area (Å²) in [6.45, 7) is 2.71. The van der Waals surface area contributed by atoms with Crippen molar-refractivity contribution < 1.29 is 18.3 Å². The van der Waals surface area contributed by atoms with E-state index in [2.05, 4.69) is 0 Å². The SMILES string of the molecule is CCOc1ccc(N2CCCCS2(=O)=O)cc1CO. The number of benzene rings is 1. The Morgan fingerprint density at radius 1 is 1.37 bits per heavy atom. The van der Waals surface area contributed by atoms with Crippen LogP contribution >= 0.6 is 0 Å². The first-order chi connectivity index (χ1) is 9.08. The third kappa shape index (κ3) is 3.01. The second-order valence-corrected chi connectivity index (χ2v) is 6.49. The molecule has 1 N–H and O–H groups in total. The van der Waals surface area contributed by atoms with E-state index in [4.69, 9.17) is 4.74 Å². The van der Waals surface area contributed by atoms with Crippen LogP contribution in [-0.2, 0) is 16.6 Å². The Bertz CT molecular complexity index is 542. The fourth-order valence-corrected chi connectivity index (χ4v) is 3.85. The van der Waals surface area contributed by atoms with Gasteiger partial charge in [0.15, 0.2) is 0 Å². The molecule has 0 radical (unpaired) electrons. The fourth-order valence-electron chi connectivity index (χ4n) is 2.22. The Labute approximate surface area is 113 Å². The highest BCUT2D eigenvalue weighted by atomic mass is 32.2. The van der Waals surface area contributed by atoms with Crippen LogP contribution in [0.2, 0.25) is 0 Å². The molecule has 0 aromatic heterocycles. The quantitative estimate of drug-likeness (QED) is 0.910. The Hall–Kier alpha value is -1.27. The van der Waals surface area contributed by atoms with Gasteiger partial charge in [0.05, 0.1) is 24.7 Å². The minimum atomic E-state index is -3.22.